The van der Waals surface area contributed by atoms with Gasteiger partial charge in [-0.2, -0.15) is 0 Å². The maximum Gasteiger partial charge on any atom is 0.220 e. The normalized spacial score (nSPS) is 24.2. The van der Waals surface area contributed by atoms with Crippen LogP contribution in [0.15, 0.2) is 24.3 Å². The van der Waals surface area contributed by atoms with E-state index in [0.29, 0.717) is 19.4 Å². The van der Waals surface area contributed by atoms with Crippen molar-refractivity contribution in [2.75, 3.05) is 13.7 Å². The molecule has 0 spiro atoms. The van der Waals surface area contributed by atoms with Gasteiger partial charge in [0.1, 0.15) is 5.75 Å². The van der Waals surface area contributed by atoms with Gasteiger partial charge in [0, 0.05) is 19.1 Å². The van der Waals surface area contributed by atoms with Crippen LogP contribution < -0.4 is 15.8 Å². The SMILES string of the molecule is CCOC1CC(N)C1NC(=O)CCc1ccc(OC)cc1. The lowest BCUT2D eigenvalue weighted by molar-refractivity contribution is -0.125. The summed E-state index contributed by atoms with van der Waals surface area (Å²) in [6, 6.07) is 7.72. The van der Waals surface area contributed by atoms with Crippen molar-refractivity contribution in [3.63, 3.8) is 0 Å². The topological polar surface area (TPSA) is 73.6 Å². The zero-order valence-corrected chi connectivity index (χ0v) is 12.7. The molecule has 1 amide bonds. The Morgan fingerprint density at radius 3 is 2.67 bits per heavy atom. The summed E-state index contributed by atoms with van der Waals surface area (Å²) in [5.41, 5.74) is 7.04. The van der Waals surface area contributed by atoms with Gasteiger partial charge in [-0.25, -0.2) is 0 Å². The van der Waals surface area contributed by atoms with Crippen molar-refractivity contribution in [1.29, 1.82) is 0 Å². The molecule has 5 nitrogen and oxygen atoms in total. The molecule has 0 aliphatic heterocycles. The number of methoxy groups -OCH3 is 1. The van der Waals surface area contributed by atoms with Crippen molar-refractivity contribution in [2.45, 2.75) is 44.4 Å². The zero-order chi connectivity index (χ0) is 15.2. The quantitative estimate of drug-likeness (QED) is 0.793. The van der Waals surface area contributed by atoms with Crippen LogP contribution in [0.4, 0.5) is 0 Å². The van der Waals surface area contributed by atoms with E-state index in [1.54, 1.807) is 7.11 Å². The molecule has 2 rings (SSSR count). The Balaban J connectivity index is 1.76. The van der Waals surface area contributed by atoms with Crippen LogP contribution in [-0.4, -0.2) is 37.8 Å². The monoisotopic (exact) mass is 292 g/mol. The van der Waals surface area contributed by atoms with E-state index in [9.17, 15) is 4.79 Å². The number of hydrogen-bond acceptors (Lipinski definition) is 4. The van der Waals surface area contributed by atoms with Gasteiger partial charge in [-0.1, -0.05) is 12.1 Å². The molecule has 1 aromatic carbocycles. The number of benzene rings is 1. The average Bonchev–Trinajstić information content (AvgIpc) is 2.51. The minimum atomic E-state index is -0.0479. The van der Waals surface area contributed by atoms with Crippen LogP contribution in [0.25, 0.3) is 0 Å². The van der Waals surface area contributed by atoms with Crippen molar-refractivity contribution >= 4 is 5.91 Å². The lowest BCUT2D eigenvalue weighted by Crippen LogP contribution is -2.64. The van der Waals surface area contributed by atoms with Crippen molar-refractivity contribution < 1.29 is 14.3 Å². The molecule has 1 aliphatic carbocycles. The molecule has 116 valence electrons. The first-order valence-corrected chi connectivity index (χ1v) is 7.43. The summed E-state index contributed by atoms with van der Waals surface area (Å²) in [6.45, 7) is 2.60. The molecular weight excluding hydrogens is 268 g/mol. The van der Waals surface area contributed by atoms with Crippen LogP contribution in [-0.2, 0) is 16.0 Å². The van der Waals surface area contributed by atoms with Crippen molar-refractivity contribution in [3.05, 3.63) is 29.8 Å². The third-order valence-electron chi connectivity index (χ3n) is 3.87. The molecule has 3 N–H and O–H groups in total. The second kappa shape index (κ2) is 7.43. The lowest BCUT2D eigenvalue weighted by Gasteiger charge is -2.42. The Morgan fingerprint density at radius 1 is 1.38 bits per heavy atom. The Labute approximate surface area is 125 Å². The summed E-state index contributed by atoms with van der Waals surface area (Å²) in [4.78, 5) is 12.0. The maximum atomic E-state index is 12.0. The highest BCUT2D eigenvalue weighted by Gasteiger charge is 2.40. The van der Waals surface area contributed by atoms with Gasteiger partial charge in [-0.3, -0.25) is 4.79 Å². The van der Waals surface area contributed by atoms with E-state index in [1.807, 2.05) is 31.2 Å². The Morgan fingerprint density at radius 2 is 2.10 bits per heavy atom. The number of aryl methyl sites for hydroxylation is 1. The predicted molar refractivity (Wildman–Crippen MR) is 81.3 cm³/mol. The summed E-state index contributed by atoms with van der Waals surface area (Å²) in [6.07, 6.45) is 2.04. The van der Waals surface area contributed by atoms with Crippen LogP contribution in [0.1, 0.15) is 25.3 Å². The van der Waals surface area contributed by atoms with Gasteiger partial charge in [0.25, 0.3) is 0 Å². The molecule has 1 aliphatic rings. The van der Waals surface area contributed by atoms with Gasteiger partial charge in [0.2, 0.25) is 5.91 Å². The third kappa shape index (κ3) is 4.19. The molecule has 21 heavy (non-hydrogen) atoms. The van der Waals surface area contributed by atoms with E-state index < -0.39 is 0 Å². The van der Waals surface area contributed by atoms with Crippen LogP contribution >= 0.6 is 0 Å². The number of nitrogens with one attached hydrogen (secondary N) is 1. The third-order valence-corrected chi connectivity index (χ3v) is 3.87. The number of carbonyl (C=O) groups is 1. The van der Waals surface area contributed by atoms with E-state index in [1.165, 1.54) is 0 Å². The van der Waals surface area contributed by atoms with Gasteiger partial charge >= 0.3 is 0 Å². The molecule has 1 fully saturated rings. The van der Waals surface area contributed by atoms with Crippen molar-refractivity contribution in [2.24, 2.45) is 5.73 Å². The summed E-state index contributed by atoms with van der Waals surface area (Å²) in [5.74, 6) is 0.846. The lowest BCUT2D eigenvalue weighted by atomic mass is 9.83. The molecule has 0 aromatic heterocycles. The number of ether oxygens (including phenoxy) is 2. The summed E-state index contributed by atoms with van der Waals surface area (Å²) in [7, 11) is 1.64. The maximum absolute atomic E-state index is 12.0. The first kappa shape index (κ1) is 15.8. The van der Waals surface area contributed by atoms with Gasteiger partial charge in [-0.15, -0.1) is 0 Å². The van der Waals surface area contributed by atoms with E-state index in [0.717, 1.165) is 17.7 Å². The molecule has 1 aromatic rings. The highest BCUT2D eigenvalue weighted by Crippen LogP contribution is 2.22. The van der Waals surface area contributed by atoms with Gasteiger partial charge in [0.05, 0.1) is 19.3 Å². The van der Waals surface area contributed by atoms with Crippen LogP contribution in [0.5, 0.6) is 5.75 Å². The molecule has 0 radical (unpaired) electrons. The molecule has 0 saturated heterocycles. The minimum Gasteiger partial charge on any atom is -0.497 e. The molecule has 0 heterocycles. The molecule has 0 bridgehead atoms. The number of carbonyl (C=O) groups excluding carboxylic acids is 1. The summed E-state index contributed by atoms with van der Waals surface area (Å²) >= 11 is 0. The Bertz CT molecular complexity index is 459. The highest BCUT2D eigenvalue weighted by atomic mass is 16.5. The molecule has 3 unspecified atom stereocenters. The summed E-state index contributed by atoms with van der Waals surface area (Å²) in [5, 5.41) is 2.98. The average molecular weight is 292 g/mol. The molecule has 1 saturated carbocycles. The largest absolute Gasteiger partial charge is 0.497 e. The van der Waals surface area contributed by atoms with Gasteiger partial charge in [0.15, 0.2) is 0 Å². The van der Waals surface area contributed by atoms with Crippen molar-refractivity contribution in [1.82, 2.24) is 5.32 Å². The Kier molecular flexibility index (Phi) is 5.59. The second-order valence-electron chi connectivity index (χ2n) is 5.33. The Hall–Kier alpha value is -1.59. The van der Waals surface area contributed by atoms with E-state index in [4.69, 9.17) is 15.2 Å². The first-order valence-electron chi connectivity index (χ1n) is 7.43. The number of amides is 1. The number of rotatable bonds is 7. The van der Waals surface area contributed by atoms with Crippen molar-refractivity contribution in [3.8, 4) is 5.75 Å². The fourth-order valence-corrected chi connectivity index (χ4v) is 2.54. The van der Waals surface area contributed by atoms with E-state index >= 15 is 0 Å². The number of hydrogen-bond donors (Lipinski definition) is 2. The second-order valence-corrected chi connectivity index (χ2v) is 5.33. The molecule has 5 heteroatoms. The minimum absolute atomic E-state index is 0.00601. The predicted octanol–water partition coefficient (Wildman–Crippen LogP) is 1.25. The van der Waals surface area contributed by atoms with Gasteiger partial charge in [-0.05, 0) is 37.5 Å². The zero-order valence-electron chi connectivity index (χ0n) is 12.7. The highest BCUT2D eigenvalue weighted by molar-refractivity contribution is 5.76. The first-order chi connectivity index (χ1) is 10.1. The molecule has 3 atom stereocenters. The van der Waals surface area contributed by atoms with E-state index in [-0.39, 0.29) is 24.1 Å². The van der Waals surface area contributed by atoms with Crippen LogP contribution in [0.3, 0.4) is 0 Å². The van der Waals surface area contributed by atoms with Crippen LogP contribution in [0, 0.1) is 0 Å². The fraction of sp³-hybridized carbons (Fsp3) is 0.562. The smallest absolute Gasteiger partial charge is 0.220 e. The van der Waals surface area contributed by atoms with E-state index in [2.05, 4.69) is 5.32 Å². The number of nitrogens with two attached hydrogens (primary N) is 1. The molecular formula is C16H24N2O3. The fourth-order valence-electron chi connectivity index (χ4n) is 2.54. The standard InChI is InChI=1S/C16H24N2O3/c1-3-21-14-10-13(17)16(14)18-15(19)9-6-11-4-7-12(20-2)8-5-11/h4-5,7-8,13-14,16H,3,6,9-10,17H2,1-2H3,(H,18,19). The van der Waals surface area contributed by atoms with Crippen LogP contribution in [0.2, 0.25) is 0 Å². The summed E-state index contributed by atoms with van der Waals surface area (Å²) < 4.78 is 10.7. The van der Waals surface area contributed by atoms with Gasteiger partial charge < -0.3 is 20.5 Å².